The SMILES string of the molecule is CCCc1nn(C(C)CC)c(Cl)c1CCl. The third-order valence-electron chi connectivity index (χ3n) is 2.66. The third kappa shape index (κ3) is 2.67. The van der Waals surface area contributed by atoms with Gasteiger partial charge in [-0.3, -0.25) is 4.68 Å². The van der Waals surface area contributed by atoms with Gasteiger partial charge < -0.3 is 0 Å². The molecule has 0 aliphatic rings. The van der Waals surface area contributed by atoms with Gasteiger partial charge in [0.1, 0.15) is 5.15 Å². The second-order valence-electron chi connectivity index (χ2n) is 3.80. The summed E-state index contributed by atoms with van der Waals surface area (Å²) < 4.78 is 1.89. The third-order valence-corrected chi connectivity index (χ3v) is 3.32. The highest BCUT2D eigenvalue weighted by atomic mass is 35.5. The van der Waals surface area contributed by atoms with Gasteiger partial charge in [0.2, 0.25) is 0 Å². The van der Waals surface area contributed by atoms with Gasteiger partial charge in [0.05, 0.1) is 17.6 Å². The predicted molar refractivity (Wildman–Crippen MR) is 65.8 cm³/mol. The van der Waals surface area contributed by atoms with Gasteiger partial charge >= 0.3 is 0 Å². The highest BCUT2D eigenvalue weighted by Gasteiger charge is 2.17. The number of alkyl halides is 1. The first-order valence-electron chi connectivity index (χ1n) is 5.47. The van der Waals surface area contributed by atoms with Crippen molar-refractivity contribution in [3.05, 3.63) is 16.4 Å². The Morgan fingerprint density at radius 2 is 2.07 bits per heavy atom. The van der Waals surface area contributed by atoms with Crippen LogP contribution in [0.1, 0.15) is 50.9 Å². The number of aryl methyl sites for hydroxylation is 1. The van der Waals surface area contributed by atoms with Crippen molar-refractivity contribution in [2.24, 2.45) is 0 Å². The zero-order chi connectivity index (χ0) is 11.4. The van der Waals surface area contributed by atoms with Crippen LogP contribution in [0.2, 0.25) is 5.15 Å². The van der Waals surface area contributed by atoms with Gasteiger partial charge in [-0.25, -0.2) is 0 Å². The lowest BCUT2D eigenvalue weighted by atomic mass is 10.2. The van der Waals surface area contributed by atoms with Crippen molar-refractivity contribution in [3.63, 3.8) is 0 Å². The summed E-state index contributed by atoms with van der Waals surface area (Å²) in [5, 5.41) is 5.25. The fraction of sp³-hybridized carbons (Fsp3) is 0.727. The van der Waals surface area contributed by atoms with Crippen LogP contribution in [0.3, 0.4) is 0 Å². The molecular formula is C11H18Cl2N2. The normalized spacial score (nSPS) is 13.1. The van der Waals surface area contributed by atoms with Crippen molar-refractivity contribution < 1.29 is 0 Å². The highest BCUT2D eigenvalue weighted by Crippen LogP contribution is 2.26. The first-order chi connectivity index (χ1) is 7.15. The second-order valence-corrected chi connectivity index (χ2v) is 4.43. The molecule has 1 rings (SSSR count). The minimum absolute atomic E-state index is 0.338. The van der Waals surface area contributed by atoms with Crippen molar-refractivity contribution in [3.8, 4) is 0 Å². The van der Waals surface area contributed by atoms with E-state index in [9.17, 15) is 0 Å². The van der Waals surface area contributed by atoms with Crippen molar-refractivity contribution in [1.29, 1.82) is 0 Å². The first-order valence-corrected chi connectivity index (χ1v) is 6.38. The molecule has 0 radical (unpaired) electrons. The maximum atomic E-state index is 6.26. The molecule has 15 heavy (non-hydrogen) atoms. The molecular weight excluding hydrogens is 231 g/mol. The highest BCUT2D eigenvalue weighted by molar-refractivity contribution is 6.31. The maximum Gasteiger partial charge on any atom is 0.132 e. The molecule has 0 bridgehead atoms. The standard InChI is InChI=1S/C11H18Cl2N2/c1-4-6-10-9(7-12)11(13)15(14-10)8(3)5-2/h8H,4-7H2,1-3H3. The summed E-state index contributed by atoms with van der Waals surface area (Å²) >= 11 is 12.2. The summed E-state index contributed by atoms with van der Waals surface area (Å²) in [5.74, 6) is 0.449. The Morgan fingerprint density at radius 3 is 2.53 bits per heavy atom. The van der Waals surface area contributed by atoms with Crippen molar-refractivity contribution in [1.82, 2.24) is 9.78 Å². The van der Waals surface area contributed by atoms with Gasteiger partial charge in [0.25, 0.3) is 0 Å². The second kappa shape index (κ2) is 5.76. The molecule has 1 aromatic rings. The molecule has 0 aromatic carbocycles. The minimum Gasteiger partial charge on any atom is -0.251 e. The smallest absolute Gasteiger partial charge is 0.132 e. The van der Waals surface area contributed by atoms with Crippen molar-refractivity contribution in [2.75, 3.05) is 0 Å². The molecule has 1 atom stereocenters. The molecule has 0 aliphatic heterocycles. The quantitative estimate of drug-likeness (QED) is 0.715. The van der Waals surface area contributed by atoms with E-state index in [-0.39, 0.29) is 0 Å². The Morgan fingerprint density at radius 1 is 1.40 bits per heavy atom. The zero-order valence-corrected chi connectivity index (χ0v) is 11.1. The lowest BCUT2D eigenvalue weighted by Gasteiger charge is -2.10. The van der Waals surface area contributed by atoms with Crippen LogP contribution in [-0.2, 0) is 12.3 Å². The van der Waals surface area contributed by atoms with E-state index < -0.39 is 0 Å². The largest absolute Gasteiger partial charge is 0.251 e. The molecule has 86 valence electrons. The first kappa shape index (κ1) is 12.9. The molecule has 0 aliphatic carbocycles. The molecule has 0 amide bonds. The average Bonchev–Trinajstić information content (AvgIpc) is 2.55. The Labute approximate surface area is 102 Å². The zero-order valence-electron chi connectivity index (χ0n) is 9.56. The van der Waals surface area contributed by atoms with Crippen LogP contribution in [0.25, 0.3) is 0 Å². The molecule has 0 fully saturated rings. The topological polar surface area (TPSA) is 17.8 Å². The summed E-state index contributed by atoms with van der Waals surface area (Å²) in [7, 11) is 0. The van der Waals surface area contributed by atoms with E-state index in [1.54, 1.807) is 0 Å². The number of aromatic nitrogens is 2. The molecule has 0 N–H and O–H groups in total. The van der Waals surface area contributed by atoms with Crippen LogP contribution in [0.5, 0.6) is 0 Å². The molecule has 1 heterocycles. The van der Waals surface area contributed by atoms with E-state index in [1.165, 1.54) is 0 Å². The van der Waals surface area contributed by atoms with E-state index in [2.05, 4.69) is 25.9 Å². The van der Waals surface area contributed by atoms with E-state index in [0.717, 1.165) is 30.5 Å². The lowest BCUT2D eigenvalue weighted by molar-refractivity contribution is 0.474. The summed E-state index contributed by atoms with van der Waals surface area (Å²) in [6.45, 7) is 6.38. The molecule has 0 spiro atoms. The summed E-state index contributed by atoms with van der Waals surface area (Å²) in [4.78, 5) is 0. The fourth-order valence-electron chi connectivity index (χ4n) is 1.53. The molecule has 1 aromatic heterocycles. The number of halogens is 2. The van der Waals surface area contributed by atoms with Gasteiger partial charge in [-0.05, 0) is 19.8 Å². The van der Waals surface area contributed by atoms with E-state index in [4.69, 9.17) is 23.2 Å². The van der Waals surface area contributed by atoms with Crippen molar-refractivity contribution >= 4 is 23.2 Å². The van der Waals surface area contributed by atoms with Crippen LogP contribution < -0.4 is 0 Å². The molecule has 0 saturated heterocycles. The van der Waals surface area contributed by atoms with Crippen molar-refractivity contribution in [2.45, 2.75) is 52.0 Å². The van der Waals surface area contributed by atoms with Gasteiger partial charge in [-0.15, -0.1) is 11.6 Å². The monoisotopic (exact) mass is 248 g/mol. The number of nitrogens with zero attached hydrogens (tertiary/aromatic N) is 2. The Balaban J connectivity index is 3.08. The van der Waals surface area contributed by atoms with E-state index >= 15 is 0 Å². The van der Waals surface area contributed by atoms with Crippen LogP contribution >= 0.6 is 23.2 Å². The summed E-state index contributed by atoms with van der Waals surface area (Å²) in [6, 6.07) is 0.338. The van der Waals surface area contributed by atoms with E-state index in [1.807, 2.05) is 4.68 Å². The molecule has 4 heteroatoms. The van der Waals surface area contributed by atoms with Crippen LogP contribution in [-0.4, -0.2) is 9.78 Å². The Hall–Kier alpha value is -0.210. The van der Waals surface area contributed by atoms with Gasteiger partial charge in [-0.2, -0.15) is 5.10 Å². The molecule has 1 unspecified atom stereocenters. The number of rotatable bonds is 5. The van der Waals surface area contributed by atoms with Gasteiger partial charge in [0, 0.05) is 5.56 Å². The van der Waals surface area contributed by atoms with Crippen LogP contribution in [0.15, 0.2) is 0 Å². The van der Waals surface area contributed by atoms with Gasteiger partial charge in [0.15, 0.2) is 0 Å². The Bertz CT molecular complexity index is 321. The predicted octanol–water partition coefficient (Wildman–Crippen LogP) is 4.20. The van der Waals surface area contributed by atoms with E-state index in [0.29, 0.717) is 17.1 Å². The van der Waals surface area contributed by atoms with Crippen LogP contribution in [0.4, 0.5) is 0 Å². The Kier molecular flexibility index (Phi) is 4.94. The fourth-order valence-corrected chi connectivity index (χ4v) is 2.26. The minimum atomic E-state index is 0.338. The molecule has 2 nitrogen and oxygen atoms in total. The average molecular weight is 249 g/mol. The van der Waals surface area contributed by atoms with Gasteiger partial charge in [-0.1, -0.05) is 31.9 Å². The number of hydrogen-bond acceptors (Lipinski definition) is 1. The summed E-state index contributed by atoms with van der Waals surface area (Å²) in [5.41, 5.74) is 2.05. The van der Waals surface area contributed by atoms with Crippen LogP contribution in [0, 0.1) is 0 Å². The lowest BCUT2D eigenvalue weighted by Crippen LogP contribution is -2.06. The summed E-state index contributed by atoms with van der Waals surface area (Å²) in [6.07, 6.45) is 3.04. The molecule has 0 saturated carbocycles. The maximum absolute atomic E-state index is 6.26. The number of hydrogen-bond donors (Lipinski definition) is 0.